The first-order chi connectivity index (χ1) is 10.2. The van der Waals surface area contributed by atoms with E-state index in [1.54, 1.807) is 4.90 Å². The minimum Gasteiger partial charge on any atom is -0.326 e. The van der Waals surface area contributed by atoms with E-state index in [2.05, 4.69) is 10.6 Å². The molecular formula is C16H22ClN3O2. The van der Waals surface area contributed by atoms with Crippen LogP contribution in [0.15, 0.2) is 24.3 Å². The van der Waals surface area contributed by atoms with Crippen molar-refractivity contribution in [1.29, 1.82) is 0 Å². The zero-order valence-corrected chi connectivity index (χ0v) is 13.3. The van der Waals surface area contributed by atoms with E-state index in [-0.39, 0.29) is 30.1 Å². The number of carbonyl (C=O) groups is 2. The molecule has 0 bridgehead atoms. The molecule has 0 saturated carbocycles. The quantitative estimate of drug-likeness (QED) is 0.896. The van der Waals surface area contributed by atoms with Gasteiger partial charge >= 0.3 is 0 Å². The zero-order valence-electron chi connectivity index (χ0n) is 12.5. The van der Waals surface area contributed by atoms with Gasteiger partial charge in [0, 0.05) is 30.9 Å². The van der Waals surface area contributed by atoms with Gasteiger partial charge in [-0.05, 0) is 50.1 Å². The average molecular weight is 324 g/mol. The third-order valence-electron chi connectivity index (χ3n) is 4.19. The Bertz CT molecular complexity index is 527. The standard InChI is InChI=1S/C16H21N3O2.ClH/c20-15-4-2-10-19(15)14-7-5-13(6-8-14)18-16(21)12-3-1-9-17-11-12;/h5-8,12,17H,1-4,9-11H2,(H,18,21);1H. The van der Waals surface area contributed by atoms with Crippen molar-refractivity contribution >= 4 is 35.6 Å². The highest BCUT2D eigenvalue weighted by Crippen LogP contribution is 2.23. The number of nitrogens with zero attached hydrogens (tertiary/aromatic N) is 1. The molecule has 1 atom stereocenters. The van der Waals surface area contributed by atoms with Crippen molar-refractivity contribution < 1.29 is 9.59 Å². The number of hydrogen-bond donors (Lipinski definition) is 2. The first kappa shape index (κ1) is 16.8. The highest BCUT2D eigenvalue weighted by atomic mass is 35.5. The molecule has 2 aliphatic rings. The van der Waals surface area contributed by atoms with Crippen LogP contribution < -0.4 is 15.5 Å². The van der Waals surface area contributed by atoms with Crippen LogP contribution in [0.25, 0.3) is 0 Å². The lowest BCUT2D eigenvalue weighted by Crippen LogP contribution is -2.37. The van der Waals surface area contributed by atoms with Crippen molar-refractivity contribution in [3.05, 3.63) is 24.3 Å². The Hall–Kier alpha value is -1.59. The van der Waals surface area contributed by atoms with Crippen LogP contribution in [-0.2, 0) is 9.59 Å². The number of piperidine rings is 1. The van der Waals surface area contributed by atoms with Gasteiger partial charge in [0.1, 0.15) is 0 Å². The van der Waals surface area contributed by atoms with E-state index < -0.39 is 0 Å². The first-order valence-electron chi connectivity index (χ1n) is 7.66. The van der Waals surface area contributed by atoms with Gasteiger partial charge in [-0.1, -0.05) is 0 Å². The molecule has 0 spiro atoms. The summed E-state index contributed by atoms with van der Waals surface area (Å²) in [6, 6.07) is 7.54. The van der Waals surface area contributed by atoms with Crippen LogP contribution in [0.4, 0.5) is 11.4 Å². The Morgan fingerprint density at radius 2 is 2.00 bits per heavy atom. The first-order valence-corrected chi connectivity index (χ1v) is 7.66. The molecule has 3 rings (SSSR count). The molecule has 0 radical (unpaired) electrons. The summed E-state index contributed by atoms with van der Waals surface area (Å²) in [5, 5.41) is 6.21. The topological polar surface area (TPSA) is 61.4 Å². The smallest absolute Gasteiger partial charge is 0.228 e. The summed E-state index contributed by atoms with van der Waals surface area (Å²) in [7, 11) is 0. The molecule has 5 nitrogen and oxygen atoms in total. The van der Waals surface area contributed by atoms with Crippen molar-refractivity contribution in [2.75, 3.05) is 29.9 Å². The molecule has 2 aliphatic heterocycles. The largest absolute Gasteiger partial charge is 0.326 e. The maximum Gasteiger partial charge on any atom is 0.228 e. The minimum atomic E-state index is 0. The monoisotopic (exact) mass is 323 g/mol. The number of halogens is 1. The zero-order chi connectivity index (χ0) is 14.7. The highest BCUT2D eigenvalue weighted by Gasteiger charge is 2.22. The Balaban J connectivity index is 0.00000176. The van der Waals surface area contributed by atoms with Crippen LogP contribution in [0.3, 0.4) is 0 Å². The number of anilines is 2. The fraction of sp³-hybridized carbons (Fsp3) is 0.500. The molecular weight excluding hydrogens is 302 g/mol. The summed E-state index contributed by atoms with van der Waals surface area (Å²) in [6.07, 6.45) is 3.55. The number of amides is 2. The average Bonchev–Trinajstić information content (AvgIpc) is 2.95. The van der Waals surface area contributed by atoms with Crippen molar-refractivity contribution in [3.8, 4) is 0 Å². The lowest BCUT2D eigenvalue weighted by molar-refractivity contribution is -0.120. The second kappa shape index (κ2) is 7.61. The lowest BCUT2D eigenvalue weighted by atomic mass is 9.99. The predicted octanol–water partition coefficient (Wildman–Crippen LogP) is 2.17. The molecule has 0 aliphatic carbocycles. The van der Waals surface area contributed by atoms with E-state index >= 15 is 0 Å². The highest BCUT2D eigenvalue weighted by molar-refractivity contribution is 5.96. The summed E-state index contributed by atoms with van der Waals surface area (Å²) in [4.78, 5) is 25.6. The fourth-order valence-electron chi connectivity index (χ4n) is 2.97. The van der Waals surface area contributed by atoms with Gasteiger partial charge in [-0.15, -0.1) is 12.4 Å². The van der Waals surface area contributed by atoms with Crippen LogP contribution >= 0.6 is 12.4 Å². The van der Waals surface area contributed by atoms with Crippen LogP contribution in [0.2, 0.25) is 0 Å². The molecule has 1 aromatic rings. The van der Waals surface area contributed by atoms with Gasteiger partial charge in [-0.25, -0.2) is 0 Å². The van der Waals surface area contributed by atoms with Gasteiger partial charge in [-0.2, -0.15) is 0 Å². The van der Waals surface area contributed by atoms with E-state index in [9.17, 15) is 9.59 Å². The SMILES string of the molecule is Cl.O=C(Nc1ccc(N2CCCC2=O)cc1)C1CCCNC1. The van der Waals surface area contributed by atoms with Crippen LogP contribution in [-0.4, -0.2) is 31.4 Å². The third kappa shape index (κ3) is 3.78. The third-order valence-corrected chi connectivity index (χ3v) is 4.19. The summed E-state index contributed by atoms with van der Waals surface area (Å²) in [5.41, 5.74) is 1.70. The molecule has 2 fully saturated rings. The minimum absolute atomic E-state index is 0. The molecule has 2 heterocycles. The van der Waals surface area contributed by atoms with E-state index in [1.165, 1.54) is 0 Å². The predicted molar refractivity (Wildman–Crippen MR) is 89.5 cm³/mol. The summed E-state index contributed by atoms with van der Waals surface area (Å²) >= 11 is 0. The molecule has 2 saturated heterocycles. The Morgan fingerprint density at radius 1 is 1.23 bits per heavy atom. The number of rotatable bonds is 3. The molecule has 120 valence electrons. The number of carbonyl (C=O) groups excluding carboxylic acids is 2. The van der Waals surface area contributed by atoms with Gasteiger partial charge in [0.2, 0.25) is 11.8 Å². The number of hydrogen-bond acceptors (Lipinski definition) is 3. The summed E-state index contributed by atoms with van der Waals surface area (Å²) in [5.74, 6) is 0.311. The second-order valence-electron chi connectivity index (χ2n) is 5.73. The van der Waals surface area contributed by atoms with Crippen LogP contribution in [0.1, 0.15) is 25.7 Å². The Labute approximate surface area is 136 Å². The maximum atomic E-state index is 12.1. The molecule has 2 amide bonds. The maximum absolute atomic E-state index is 12.1. The van der Waals surface area contributed by atoms with Crippen molar-refractivity contribution in [1.82, 2.24) is 5.32 Å². The van der Waals surface area contributed by atoms with Gasteiger partial charge < -0.3 is 15.5 Å². The molecule has 22 heavy (non-hydrogen) atoms. The Kier molecular flexibility index (Phi) is 5.80. The molecule has 1 aromatic carbocycles. The fourth-order valence-corrected chi connectivity index (χ4v) is 2.97. The van der Waals surface area contributed by atoms with E-state index in [0.717, 1.165) is 50.3 Å². The van der Waals surface area contributed by atoms with E-state index in [4.69, 9.17) is 0 Å². The van der Waals surface area contributed by atoms with Gasteiger partial charge in [0.25, 0.3) is 0 Å². The van der Waals surface area contributed by atoms with Crippen molar-refractivity contribution in [3.63, 3.8) is 0 Å². The summed E-state index contributed by atoms with van der Waals surface area (Å²) in [6.45, 7) is 2.55. The lowest BCUT2D eigenvalue weighted by Gasteiger charge is -2.22. The van der Waals surface area contributed by atoms with Crippen LogP contribution in [0.5, 0.6) is 0 Å². The van der Waals surface area contributed by atoms with E-state index in [0.29, 0.717) is 6.42 Å². The van der Waals surface area contributed by atoms with E-state index in [1.807, 2.05) is 24.3 Å². The number of benzene rings is 1. The second-order valence-corrected chi connectivity index (χ2v) is 5.73. The van der Waals surface area contributed by atoms with Crippen molar-refractivity contribution in [2.45, 2.75) is 25.7 Å². The van der Waals surface area contributed by atoms with Gasteiger partial charge in [0.05, 0.1) is 5.92 Å². The molecule has 0 aromatic heterocycles. The molecule has 2 N–H and O–H groups in total. The van der Waals surface area contributed by atoms with Gasteiger partial charge in [-0.3, -0.25) is 9.59 Å². The molecule has 6 heteroatoms. The normalized spacial score (nSPS) is 21.4. The number of nitrogens with one attached hydrogen (secondary N) is 2. The summed E-state index contributed by atoms with van der Waals surface area (Å²) < 4.78 is 0. The Morgan fingerprint density at radius 3 is 2.59 bits per heavy atom. The van der Waals surface area contributed by atoms with Crippen LogP contribution in [0, 0.1) is 5.92 Å². The molecule has 1 unspecified atom stereocenters. The van der Waals surface area contributed by atoms with Gasteiger partial charge in [0.15, 0.2) is 0 Å². The van der Waals surface area contributed by atoms with Crippen molar-refractivity contribution in [2.24, 2.45) is 5.92 Å².